The van der Waals surface area contributed by atoms with Gasteiger partial charge in [0.1, 0.15) is 0 Å². The van der Waals surface area contributed by atoms with Crippen LogP contribution in [0.4, 0.5) is 39.5 Å². The van der Waals surface area contributed by atoms with Crippen LogP contribution in [-0.4, -0.2) is 60.9 Å². The van der Waals surface area contributed by atoms with Crippen molar-refractivity contribution in [2.24, 2.45) is 0 Å². The minimum Gasteiger partial charge on any atom is -0.741 e. The van der Waals surface area contributed by atoms with E-state index in [0.29, 0.717) is 0 Å². The molecule has 0 heterocycles. The molecule has 0 aromatic heterocycles. The average molecular weight is 632 g/mol. The molecule has 0 bridgehead atoms. The Morgan fingerprint density at radius 2 is 0.500 bits per heavy atom. The van der Waals surface area contributed by atoms with E-state index < -0.39 is 46.9 Å². The Hall–Kier alpha value is 0.307. The predicted octanol–water partition coefficient (Wildman–Crippen LogP) is -0.670. The fourth-order valence-corrected chi connectivity index (χ4v) is 0. The zero-order chi connectivity index (χ0) is 21.0. The summed E-state index contributed by atoms with van der Waals surface area (Å²) in [6, 6.07) is 0. The summed E-state index contributed by atoms with van der Waals surface area (Å²) in [6.07, 6.45) is 0. The van der Waals surface area contributed by atoms with Crippen LogP contribution in [0.1, 0.15) is 0 Å². The topological polar surface area (TPSA) is 203 Å². The molecule has 0 spiro atoms. The molecular formula is C3H2ErF9O10S3. The van der Waals surface area contributed by atoms with Gasteiger partial charge in [-0.2, -0.15) is 39.5 Å². The molecule has 0 saturated carbocycles. The summed E-state index contributed by atoms with van der Waals surface area (Å²) in [5.74, 6) is 0. The average Bonchev–Trinajstić information content (AvgIpc) is 2.08. The molecule has 2 N–H and O–H groups in total. The Morgan fingerprint density at radius 3 is 0.500 bits per heavy atom. The van der Waals surface area contributed by atoms with E-state index in [0.717, 1.165) is 0 Å². The minimum atomic E-state index is -6.09. The summed E-state index contributed by atoms with van der Waals surface area (Å²) in [6.45, 7) is 0. The van der Waals surface area contributed by atoms with Crippen LogP contribution >= 0.6 is 0 Å². The van der Waals surface area contributed by atoms with Gasteiger partial charge in [0.05, 0.1) is 0 Å². The van der Waals surface area contributed by atoms with Crippen LogP contribution < -0.4 is 0 Å². The molecule has 0 aliphatic heterocycles. The van der Waals surface area contributed by atoms with E-state index in [1.165, 1.54) is 0 Å². The van der Waals surface area contributed by atoms with Crippen molar-refractivity contribution in [1.29, 1.82) is 0 Å². The molecule has 0 aromatic carbocycles. The summed E-state index contributed by atoms with van der Waals surface area (Å²) in [7, 11) is -18.3. The van der Waals surface area contributed by atoms with Gasteiger partial charge in [0.25, 0.3) is 0 Å². The molecule has 0 aliphatic rings. The molecular weight excluding hydrogens is 630 g/mol. The maximum absolute atomic E-state index is 10.7. The van der Waals surface area contributed by atoms with Crippen molar-refractivity contribution in [2.45, 2.75) is 16.5 Å². The molecule has 0 amide bonds. The van der Waals surface area contributed by atoms with Gasteiger partial charge in [-0.3, -0.25) is 0 Å². The van der Waals surface area contributed by atoms with Crippen LogP contribution in [0.25, 0.3) is 0 Å². The van der Waals surface area contributed by atoms with E-state index in [2.05, 4.69) is 0 Å². The molecule has 0 unspecified atom stereocenters. The van der Waals surface area contributed by atoms with Crippen LogP contribution in [0.5, 0.6) is 0 Å². The van der Waals surface area contributed by atoms with Crippen molar-refractivity contribution in [3.05, 3.63) is 0 Å². The first-order valence-electron chi connectivity index (χ1n) is 3.81. The molecule has 0 aliphatic carbocycles. The first-order chi connectivity index (χ1) is 9.75. The Kier molecular flexibility index (Phi) is 16.2. The Labute approximate surface area is 167 Å². The Morgan fingerprint density at radius 1 is 0.462 bits per heavy atom. The smallest absolute Gasteiger partial charge is 0.741 e. The quantitative estimate of drug-likeness (QED) is 0.188. The minimum absolute atomic E-state index is 0. The van der Waals surface area contributed by atoms with Crippen molar-refractivity contribution < 1.29 is 121 Å². The molecule has 10 nitrogen and oxygen atoms in total. The molecule has 167 valence electrons. The SMILES string of the molecule is O.O=S(=O)([O-])C(F)(F)F.O=S(=O)([O-])C(F)(F)F.O=S(=O)([O-])C(F)(F)F.[Er+3]. The Balaban J connectivity index is -0.0000000817. The number of halogens is 9. The third-order valence-electron chi connectivity index (χ3n) is 0.850. The first kappa shape index (κ1) is 37.1. The van der Waals surface area contributed by atoms with Crippen molar-refractivity contribution in [2.75, 3.05) is 0 Å². The molecule has 0 saturated heterocycles. The van der Waals surface area contributed by atoms with Gasteiger partial charge in [-0.05, 0) is 0 Å². The van der Waals surface area contributed by atoms with E-state index in [9.17, 15) is 39.5 Å². The number of rotatable bonds is 0. The van der Waals surface area contributed by atoms with Gasteiger partial charge in [0, 0.05) is 0 Å². The summed E-state index contributed by atoms with van der Waals surface area (Å²) in [5.41, 5.74) is -16.9. The first-order valence-corrected chi connectivity index (χ1v) is 8.04. The molecule has 0 rings (SSSR count). The molecule has 0 aromatic rings. The van der Waals surface area contributed by atoms with Gasteiger partial charge in [-0.1, -0.05) is 0 Å². The van der Waals surface area contributed by atoms with E-state index in [1.807, 2.05) is 0 Å². The summed E-state index contributed by atoms with van der Waals surface area (Å²) in [5, 5.41) is 0. The molecule has 1 radical (unpaired) electrons. The van der Waals surface area contributed by atoms with Gasteiger partial charge in [-0.15, -0.1) is 0 Å². The van der Waals surface area contributed by atoms with Crippen LogP contribution in [-0.2, 0) is 30.4 Å². The van der Waals surface area contributed by atoms with E-state index >= 15 is 0 Å². The van der Waals surface area contributed by atoms with Crippen molar-refractivity contribution in [3.63, 3.8) is 0 Å². The number of hydrogen-bond donors (Lipinski definition) is 0. The maximum Gasteiger partial charge on any atom is 3.00 e. The normalized spacial score (nSPS) is 12.9. The van der Waals surface area contributed by atoms with Gasteiger partial charge >= 0.3 is 53.8 Å². The predicted molar refractivity (Wildman–Crippen MR) is 50.9 cm³/mol. The van der Waals surface area contributed by atoms with Gasteiger partial charge in [0.15, 0.2) is 30.4 Å². The summed E-state index contributed by atoms with van der Waals surface area (Å²) in [4.78, 5) is 0. The van der Waals surface area contributed by atoms with Gasteiger partial charge < -0.3 is 19.1 Å². The van der Waals surface area contributed by atoms with E-state index in [-0.39, 0.29) is 42.8 Å². The van der Waals surface area contributed by atoms with Crippen LogP contribution in [0, 0.1) is 37.3 Å². The third kappa shape index (κ3) is 17.7. The van der Waals surface area contributed by atoms with Crippen LogP contribution in [0.15, 0.2) is 0 Å². The van der Waals surface area contributed by atoms with Crippen LogP contribution in [0.2, 0.25) is 0 Å². The largest absolute Gasteiger partial charge is 3.00 e. The van der Waals surface area contributed by atoms with Crippen LogP contribution in [0.3, 0.4) is 0 Å². The zero-order valence-electron chi connectivity index (χ0n) is 10.6. The molecule has 0 atom stereocenters. The van der Waals surface area contributed by atoms with E-state index in [4.69, 9.17) is 38.9 Å². The summed E-state index contributed by atoms with van der Waals surface area (Å²) < 4.78 is 177. The molecule has 23 heteroatoms. The van der Waals surface area contributed by atoms with Crippen molar-refractivity contribution in [3.8, 4) is 0 Å². The van der Waals surface area contributed by atoms with Gasteiger partial charge in [-0.25, -0.2) is 25.3 Å². The summed E-state index contributed by atoms with van der Waals surface area (Å²) >= 11 is 0. The second-order valence-corrected chi connectivity index (χ2v) is 6.81. The van der Waals surface area contributed by atoms with E-state index in [1.54, 1.807) is 0 Å². The fraction of sp³-hybridized carbons (Fsp3) is 1.00. The molecule has 0 fully saturated rings. The second kappa shape index (κ2) is 11.3. The van der Waals surface area contributed by atoms with Gasteiger partial charge in [0.2, 0.25) is 0 Å². The van der Waals surface area contributed by atoms with Crippen molar-refractivity contribution in [1.82, 2.24) is 0 Å². The fourth-order valence-electron chi connectivity index (χ4n) is 0. The monoisotopic (exact) mass is 631 g/mol. The van der Waals surface area contributed by atoms with Crippen molar-refractivity contribution >= 4 is 30.4 Å². The maximum atomic E-state index is 10.7. The Bertz CT molecular complexity index is 598. The third-order valence-corrected chi connectivity index (χ3v) is 2.55. The molecule has 26 heavy (non-hydrogen) atoms. The zero-order valence-corrected chi connectivity index (χ0v) is 14.9. The second-order valence-electron chi connectivity index (χ2n) is 2.70. The number of alkyl halides is 9. The standard InChI is InChI=1S/3CHF3O3S.Er.H2O/c3*2-1(3,4)8(5,6)7;;/h3*(H,5,6,7);;1H2/q;;;+3;/p-3. The number of hydrogen-bond acceptors (Lipinski definition) is 9.